The summed E-state index contributed by atoms with van der Waals surface area (Å²) < 4.78 is 12.0. The molecule has 0 saturated carbocycles. The molecule has 2 aromatic rings. The van der Waals surface area contributed by atoms with Crippen molar-refractivity contribution in [1.29, 1.82) is 0 Å². The molecule has 1 heterocycles. The lowest BCUT2D eigenvalue weighted by atomic mass is 10.2. The highest BCUT2D eigenvalue weighted by atomic mass is 32.2. The number of nitrogens with zero attached hydrogens (tertiary/aromatic N) is 2. The number of amides is 1. The zero-order chi connectivity index (χ0) is 19.1. The monoisotopic (exact) mass is 380 g/mol. The summed E-state index contributed by atoms with van der Waals surface area (Å²) in [6.45, 7) is 4.39. The summed E-state index contributed by atoms with van der Waals surface area (Å²) in [7, 11) is 3.09. The zero-order valence-electron chi connectivity index (χ0n) is 15.4. The van der Waals surface area contributed by atoms with E-state index in [2.05, 4.69) is 22.4 Å². The Bertz CT molecular complexity index is 802. The Kier molecular flexibility index (Phi) is 7.14. The number of unbranched alkanes of at least 4 members (excludes halogenated alkanes) is 1. The Morgan fingerprint density at radius 2 is 2.15 bits per heavy atom. The van der Waals surface area contributed by atoms with Crippen molar-refractivity contribution in [2.45, 2.75) is 43.6 Å². The average molecular weight is 380 g/mol. The Labute approximate surface area is 156 Å². The van der Waals surface area contributed by atoms with Gasteiger partial charge in [-0.25, -0.2) is 9.89 Å². The number of hydrogen-bond acceptors (Lipinski definition) is 6. The minimum absolute atomic E-state index is 0.223. The number of anilines is 1. The molecule has 0 aliphatic carbocycles. The maximum absolute atomic E-state index is 12.6. The first-order chi connectivity index (χ1) is 12.5. The number of hydrogen-bond donors (Lipinski definition) is 2. The van der Waals surface area contributed by atoms with E-state index in [4.69, 9.17) is 9.47 Å². The Hall–Kier alpha value is -2.42. The van der Waals surface area contributed by atoms with Gasteiger partial charge in [0.1, 0.15) is 11.5 Å². The second-order valence-corrected chi connectivity index (χ2v) is 6.94. The molecule has 0 saturated heterocycles. The van der Waals surface area contributed by atoms with Crippen molar-refractivity contribution < 1.29 is 14.3 Å². The number of thioether (sulfide) groups is 1. The van der Waals surface area contributed by atoms with Gasteiger partial charge in [0.15, 0.2) is 5.16 Å². The fraction of sp³-hybridized carbons (Fsp3) is 0.471. The first-order valence-corrected chi connectivity index (χ1v) is 9.22. The molecule has 0 bridgehead atoms. The van der Waals surface area contributed by atoms with Gasteiger partial charge in [0, 0.05) is 12.6 Å². The second kappa shape index (κ2) is 9.33. The highest BCUT2D eigenvalue weighted by Crippen LogP contribution is 2.30. The molecule has 26 heavy (non-hydrogen) atoms. The molecule has 0 fully saturated rings. The fourth-order valence-corrected chi connectivity index (χ4v) is 3.15. The molecule has 1 amide bonds. The number of rotatable bonds is 9. The third kappa shape index (κ3) is 4.81. The lowest BCUT2D eigenvalue weighted by molar-refractivity contribution is -0.115. The van der Waals surface area contributed by atoms with Gasteiger partial charge < -0.3 is 14.8 Å². The first kappa shape index (κ1) is 19.9. The zero-order valence-corrected chi connectivity index (χ0v) is 16.2. The maximum atomic E-state index is 12.6. The van der Waals surface area contributed by atoms with Gasteiger partial charge in [-0.05, 0) is 25.5 Å². The Morgan fingerprint density at radius 1 is 1.38 bits per heavy atom. The minimum Gasteiger partial charge on any atom is -0.497 e. The lowest BCUT2D eigenvalue weighted by Crippen LogP contribution is -2.24. The van der Waals surface area contributed by atoms with Crippen LogP contribution in [-0.4, -0.2) is 40.1 Å². The van der Waals surface area contributed by atoms with Crippen LogP contribution in [0.4, 0.5) is 5.69 Å². The fourth-order valence-electron chi connectivity index (χ4n) is 2.26. The molecular formula is C17H24N4O4S. The largest absolute Gasteiger partial charge is 0.497 e. The van der Waals surface area contributed by atoms with Gasteiger partial charge in [-0.15, -0.1) is 5.10 Å². The second-order valence-electron chi connectivity index (χ2n) is 5.63. The van der Waals surface area contributed by atoms with Crippen LogP contribution in [0.25, 0.3) is 0 Å². The van der Waals surface area contributed by atoms with Crippen LogP contribution in [0.2, 0.25) is 0 Å². The number of ether oxygens (including phenoxy) is 2. The van der Waals surface area contributed by atoms with Crippen molar-refractivity contribution in [3.63, 3.8) is 0 Å². The predicted octanol–water partition coefficient (Wildman–Crippen LogP) is 2.51. The predicted molar refractivity (Wildman–Crippen MR) is 101 cm³/mol. The molecule has 1 atom stereocenters. The minimum atomic E-state index is -0.457. The van der Waals surface area contributed by atoms with Gasteiger partial charge in [0.25, 0.3) is 0 Å². The van der Waals surface area contributed by atoms with E-state index in [1.165, 1.54) is 18.9 Å². The van der Waals surface area contributed by atoms with Crippen LogP contribution in [0.15, 0.2) is 28.2 Å². The maximum Gasteiger partial charge on any atom is 0.343 e. The number of aromatic nitrogens is 3. The van der Waals surface area contributed by atoms with Gasteiger partial charge in [0.2, 0.25) is 5.91 Å². The van der Waals surface area contributed by atoms with E-state index in [1.807, 2.05) is 0 Å². The number of carbonyl (C=O) groups is 1. The van der Waals surface area contributed by atoms with E-state index >= 15 is 0 Å². The van der Waals surface area contributed by atoms with Gasteiger partial charge in [-0.1, -0.05) is 25.1 Å². The first-order valence-electron chi connectivity index (χ1n) is 8.34. The highest BCUT2D eigenvalue weighted by molar-refractivity contribution is 8.00. The van der Waals surface area contributed by atoms with Gasteiger partial charge >= 0.3 is 5.69 Å². The number of methoxy groups -OCH3 is 2. The molecule has 0 aliphatic rings. The summed E-state index contributed by atoms with van der Waals surface area (Å²) >= 11 is 1.23. The van der Waals surface area contributed by atoms with Crippen LogP contribution in [-0.2, 0) is 11.3 Å². The SMILES string of the molecule is CCCCn1c(SC(C)C(=O)Nc2cc(OC)ccc2OC)n[nH]c1=O. The third-order valence-electron chi connectivity index (χ3n) is 3.77. The summed E-state index contributed by atoms with van der Waals surface area (Å²) in [6, 6.07) is 5.17. The van der Waals surface area contributed by atoms with E-state index in [9.17, 15) is 9.59 Å². The molecule has 0 spiro atoms. The van der Waals surface area contributed by atoms with Crippen LogP contribution >= 0.6 is 11.8 Å². The summed E-state index contributed by atoms with van der Waals surface area (Å²) in [6.07, 6.45) is 1.84. The Morgan fingerprint density at radius 3 is 2.81 bits per heavy atom. The topological polar surface area (TPSA) is 98.2 Å². The molecule has 0 aliphatic heterocycles. The van der Waals surface area contributed by atoms with E-state index in [0.29, 0.717) is 28.9 Å². The Balaban J connectivity index is 2.10. The molecule has 2 N–H and O–H groups in total. The van der Waals surface area contributed by atoms with Gasteiger partial charge in [-0.2, -0.15) is 0 Å². The van der Waals surface area contributed by atoms with Crippen molar-refractivity contribution in [2.75, 3.05) is 19.5 Å². The molecule has 142 valence electrons. The quantitative estimate of drug-likeness (QED) is 0.649. The molecule has 9 heteroatoms. The van der Waals surface area contributed by atoms with Crippen LogP contribution in [0.5, 0.6) is 11.5 Å². The smallest absolute Gasteiger partial charge is 0.343 e. The van der Waals surface area contributed by atoms with E-state index in [-0.39, 0.29) is 11.6 Å². The van der Waals surface area contributed by atoms with Crippen molar-refractivity contribution >= 4 is 23.4 Å². The molecule has 1 aromatic heterocycles. The normalized spacial score (nSPS) is 11.8. The average Bonchev–Trinajstić information content (AvgIpc) is 2.99. The van der Waals surface area contributed by atoms with Crippen molar-refractivity contribution in [3.8, 4) is 11.5 Å². The van der Waals surface area contributed by atoms with Gasteiger partial charge in [0.05, 0.1) is 25.2 Å². The van der Waals surface area contributed by atoms with Crippen LogP contribution < -0.4 is 20.5 Å². The molecule has 1 unspecified atom stereocenters. The molecular weight excluding hydrogens is 356 g/mol. The summed E-state index contributed by atoms with van der Waals surface area (Å²) in [4.78, 5) is 24.4. The summed E-state index contributed by atoms with van der Waals surface area (Å²) in [5.74, 6) is 0.928. The summed E-state index contributed by atoms with van der Waals surface area (Å²) in [5, 5.41) is 9.35. The number of aromatic amines is 1. The van der Waals surface area contributed by atoms with Crippen molar-refractivity contribution in [3.05, 3.63) is 28.7 Å². The molecule has 2 rings (SSSR count). The highest BCUT2D eigenvalue weighted by Gasteiger charge is 2.20. The van der Waals surface area contributed by atoms with Crippen LogP contribution in [0.3, 0.4) is 0 Å². The van der Waals surface area contributed by atoms with E-state index < -0.39 is 5.25 Å². The van der Waals surface area contributed by atoms with Crippen molar-refractivity contribution in [1.82, 2.24) is 14.8 Å². The van der Waals surface area contributed by atoms with Crippen LogP contribution in [0.1, 0.15) is 26.7 Å². The lowest BCUT2D eigenvalue weighted by Gasteiger charge is -2.15. The molecule has 0 radical (unpaired) electrons. The number of H-pyrrole nitrogens is 1. The third-order valence-corrected chi connectivity index (χ3v) is 4.86. The van der Waals surface area contributed by atoms with E-state index in [1.54, 1.807) is 36.8 Å². The standard InChI is InChI=1S/C17H24N4O4S/c1-5-6-9-21-16(23)19-20-17(21)26-11(2)15(22)18-13-10-12(24-3)7-8-14(13)25-4/h7-8,10-11H,5-6,9H2,1-4H3,(H,18,22)(H,19,23). The molecule has 8 nitrogen and oxygen atoms in total. The number of carbonyl (C=O) groups excluding carboxylic acids is 1. The summed E-state index contributed by atoms with van der Waals surface area (Å²) in [5.41, 5.74) is 0.262. The number of benzene rings is 1. The van der Waals surface area contributed by atoms with Crippen LogP contribution in [0, 0.1) is 0 Å². The molecule has 1 aromatic carbocycles. The van der Waals surface area contributed by atoms with E-state index in [0.717, 1.165) is 12.8 Å². The number of nitrogens with one attached hydrogen (secondary N) is 2. The van der Waals surface area contributed by atoms with Gasteiger partial charge in [-0.3, -0.25) is 9.36 Å². The van der Waals surface area contributed by atoms with Crippen molar-refractivity contribution in [2.24, 2.45) is 0 Å².